The van der Waals surface area contributed by atoms with Gasteiger partial charge in [0.1, 0.15) is 0 Å². The van der Waals surface area contributed by atoms with Gasteiger partial charge in [0, 0.05) is 0 Å². The fraction of sp³-hybridized carbons (Fsp3) is 0. The molecule has 0 aliphatic heterocycles. The van der Waals surface area contributed by atoms with E-state index in [-0.39, 0.29) is 11.1 Å². The second kappa shape index (κ2) is 12.2. The van der Waals surface area contributed by atoms with Crippen molar-refractivity contribution in [2.75, 3.05) is 0 Å². The summed E-state index contributed by atoms with van der Waals surface area (Å²) in [6.45, 7) is 0. The predicted molar refractivity (Wildman–Crippen MR) is 116 cm³/mol. The number of aromatic nitrogens is 6. The van der Waals surface area contributed by atoms with Crippen LogP contribution >= 0.6 is 0 Å². The van der Waals surface area contributed by atoms with Crippen molar-refractivity contribution in [1.29, 1.82) is 0 Å². The smallest absolute Gasteiger partial charge is 0.0184 e. The maximum absolute atomic E-state index is 10.4. The number of hydrogen-bond donors (Lipinski definition) is 4. The Hall–Kier alpha value is -3.94. The van der Waals surface area contributed by atoms with Crippen molar-refractivity contribution < 1.29 is 44.0 Å². The monoisotopic (exact) mass is 544 g/mol. The zero-order valence-electron chi connectivity index (χ0n) is 17.3. The molecule has 0 aliphatic rings. The predicted octanol–water partition coefficient (Wildman–Crippen LogP) is 1.88. The van der Waals surface area contributed by atoms with E-state index in [4.69, 9.17) is 10.2 Å². The van der Waals surface area contributed by atoms with E-state index < -0.39 is 36.2 Å². The van der Waals surface area contributed by atoms with Gasteiger partial charge in [-0.15, -0.1) is 0 Å². The zero-order valence-corrected chi connectivity index (χ0v) is 21.3. The van der Waals surface area contributed by atoms with Gasteiger partial charge in [-0.25, -0.2) is 9.59 Å². The molecule has 0 spiro atoms. The molecule has 0 fully saturated rings. The second-order valence-electron chi connectivity index (χ2n) is 6.64. The van der Waals surface area contributed by atoms with Crippen molar-refractivity contribution in [2.24, 2.45) is 0 Å². The molecule has 0 saturated carbocycles. The Kier molecular flexibility index (Phi) is 8.76. The molecule has 0 unspecified atom stereocenters. The molecule has 3 aromatic carbocycles. The maximum Gasteiger partial charge on any atom is -0.0184 e. The summed E-state index contributed by atoms with van der Waals surface area (Å²) in [6, 6.07) is 21.9. The molecule has 0 atom stereocenters. The van der Waals surface area contributed by atoms with Gasteiger partial charge in [-0.1, -0.05) is 54.6 Å². The number of fused-ring (bicyclic) bond motifs is 1. The minimum Gasteiger partial charge on any atom is -0.0616 e. The van der Waals surface area contributed by atoms with Crippen molar-refractivity contribution in [3.63, 3.8) is 0 Å². The van der Waals surface area contributed by atoms with Crippen molar-refractivity contribution in [3.05, 3.63) is 96.3 Å². The number of rotatable bonds is 4. The van der Waals surface area contributed by atoms with Crippen LogP contribution in [0.2, 0.25) is 0 Å². The number of hydrogen-bond acceptors (Lipinski definition) is 6. The number of carbonyl (C=O) groups is 2. The summed E-state index contributed by atoms with van der Waals surface area (Å²) in [4.78, 5) is 20.8. The molecule has 4 N–H and O–H groups in total. The molecular weight excluding hydrogens is 525 g/mol. The molecule has 11 heteroatoms. The van der Waals surface area contributed by atoms with Crippen molar-refractivity contribution in [2.45, 2.75) is 0 Å². The SMILES string of the molecule is O=C(O)c1cccc(C(=O)O)c1.c1[nH]nn[c]1[Cd][c]1c[nH]nn1.c1ccc2ccccc2c1. The number of aromatic amines is 2. The third-order valence-corrected chi connectivity index (χ3v) is 8.35. The van der Waals surface area contributed by atoms with E-state index in [1.807, 2.05) is 12.4 Å². The molecule has 0 amide bonds. The van der Waals surface area contributed by atoms with Gasteiger partial charge < -0.3 is 10.2 Å². The molecule has 10 nitrogen and oxygen atoms in total. The second-order valence-corrected chi connectivity index (χ2v) is 11.8. The number of nitrogens with one attached hydrogen (secondary N) is 2. The Bertz CT molecular complexity index is 1180. The van der Waals surface area contributed by atoms with Crippen LogP contribution in [0.1, 0.15) is 20.7 Å². The van der Waals surface area contributed by atoms with Crippen LogP contribution < -0.4 is 6.51 Å². The van der Waals surface area contributed by atoms with Gasteiger partial charge in [-0.05, 0) is 29.0 Å². The van der Waals surface area contributed by atoms with Crippen LogP contribution in [-0.4, -0.2) is 53.0 Å². The van der Waals surface area contributed by atoms with E-state index in [1.54, 1.807) is 0 Å². The first-order chi connectivity index (χ1) is 16.0. The number of carboxylic acid groups (broad SMARTS) is 2. The van der Waals surface area contributed by atoms with E-state index in [0.717, 1.165) is 12.6 Å². The molecule has 0 bridgehead atoms. The van der Waals surface area contributed by atoms with Gasteiger partial charge in [-0.2, -0.15) is 0 Å². The molecule has 162 valence electrons. The average molecular weight is 543 g/mol. The summed E-state index contributed by atoms with van der Waals surface area (Å²) in [6.07, 6.45) is 3.65. The van der Waals surface area contributed by atoms with Crippen LogP contribution in [0, 0.1) is 0 Å². The Labute approximate surface area is 199 Å². The fourth-order valence-corrected chi connectivity index (χ4v) is 5.70. The van der Waals surface area contributed by atoms with Crippen LogP contribution in [0.4, 0.5) is 0 Å². The average Bonchev–Trinajstić information content (AvgIpc) is 3.55. The topological polar surface area (TPSA) is 158 Å². The van der Waals surface area contributed by atoms with E-state index in [9.17, 15) is 9.59 Å². The largest absolute Gasteiger partial charge is 0.0616 e. The molecular formula is C22H18CdN6O4. The molecule has 5 rings (SSSR count). The number of nitrogens with zero attached hydrogens (tertiary/aromatic N) is 4. The Morgan fingerprint density at radius 3 is 1.42 bits per heavy atom. The minimum atomic E-state index is -1.18. The normalized spacial score (nSPS) is 9.58. The summed E-state index contributed by atoms with van der Waals surface area (Å²) in [7, 11) is 0. The van der Waals surface area contributed by atoms with Crippen LogP contribution in [0.5, 0.6) is 0 Å². The zero-order chi connectivity index (χ0) is 23.5. The van der Waals surface area contributed by atoms with Crippen molar-refractivity contribution >= 4 is 29.2 Å². The summed E-state index contributed by atoms with van der Waals surface area (Å²) >= 11 is -1.18. The first kappa shape index (κ1) is 23.7. The van der Waals surface area contributed by atoms with Crippen LogP contribution in [0.15, 0.2) is 85.2 Å². The summed E-state index contributed by atoms with van der Waals surface area (Å²) in [5, 5.41) is 40.0. The first-order valence-electron chi connectivity index (χ1n) is 9.74. The van der Waals surface area contributed by atoms with Gasteiger partial charge in [0.05, 0.1) is 11.1 Å². The van der Waals surface area contributed by atoms with Crippen molar-refractivity contribution in [1.82, 2.24) is 30.8 Å². The Balaban J connectivity index is 0.000000140. The Morgan fingerprint density at radius 2 is 1.09 bits per heavy atom. The molecule has 0 radical (unpaired) electrons. The molecule has 2 aromatic heterocycles. The summed E-state index contributed by atoms with van der Waals surface area (Å²) in [5.74, 6) is -2.25. The van der Waals surface area contributed by atoms with Crippen LogP contribution in [-0.2, 0) is 24.2 Å². The van der Waals surface area contributed by atoms with Gasteiger partial charge in [0.15, 0.2) is 0 Å². The molecule has 0 saturated heterocycles. The van der Waals surface area contributed by atoms with E-state index in [1.165, 1.54) is 29.0 Å². The molecule has 5 aromatic rings. The molecule has 33 heavy (non-hydrogen) atoms. The van der Waals surface area contributed by atoms with Gasteiger partial charge in [0.25, 0.3) is 0 Å². The first-order valence-corrected chi connectivity index (χ1v) is 13.8. The standard InChI is InChI=1S/C10H8.C8H6O4.2C2H2N3.Cd/c1-2-6-10-8-4-3-7-9(10)5-1;9-7(10)5-2-1-3-6(4-5)8(11)12;2*1-2-4-5-3-1;/h1-8H;1-4H,(H,9,10)(H,11,12);2*1H,(H,3,4,5);. The van der Waals surface area contributed by atoms with Gasteiger partial charge in [-0.3, -0.25) is 0 Å². The third-order valence-electron chi connectivity index (χ3n) is 4.31. The fourth-order valence-electron chi connectivity index (χ4n) is 2.73. The van der Waals surface area contributed by atoms with Crippen LogP contribution in [0.3, 0.4) is 0 Å². The number of carboxylic acids is 2. The van der Waals surface area contributed by atoms with E-state index in [0.29, 0.717) is 0 Å². The molecule has 2 heterocycles. The van der Waals surface area contributed by atoms with E-state index >= 15 is 0 Å². The third kappa shape index (κ3) is 7.61. The number of benzene rings is 3. The quantitative estimate of drug-likeness (QED) is 0.251. The Morgan fingerprint density at radius 1 is 0.667 bits per heavy atom. The summed E-state index contributed by atoms with van der Waals surface area (Å²) < 4.78 is 2.14. The van der Waals surface area contributed by atoms with Crippen molar-refractivity contribution in [3.8, 4) is 0 Å². The minimum absolute atomic E-state index is 0.0186. The van der Waals surface area contributed by atoms with Gasteiger partial charge >= 0.3 is 85.9 Å². The van der Waals surface area contributed by atoms with Gasteiger partial charge in [0.2, 0.25) is 0 Å². The summed E-state index contributed by atoms with van der Waals surface area (Å²) in [5.41, 5.74) is -0.0372. The van der Waals surface area contributed by atoms with E-state index in [2.05, 4.69) is 79.4 Å². The number of aromatic carboxylic acids is 2. The number of H-pyrrole nitrogens is 2. The van der Waals surface area contributed by atoms with Crippen LogP contribution in [0.25, 0.3) is 10.8 Å². The maximum atomic E-state index is 10.4. The molecule has 0 aliphatic carbocycles.